The zero-order valence-corrected chi connectivity index (χ0v) is 13.4. The molecule has 1 aromatic rings. The van der Waals surface area contributed by atoms with Crippen molar-refractivity contribution in [2.45, 2.75) is 56.8 Å². The van der Waals surface area contributed by atoms with Gasteiger partial charge in [0.15, 0.2) is 0 Å². The van der Waals surface area contributed by atoms with Crippen molar-refractivity contribution in [3.05, 3.63) is 29.8 Å². The Morgan fingerprint density at radius 3 is 2.33 bits per heavy atom. The zero-order chi connectivity index (χ0) is 17.7. The number of alkyl halides is 3. The van der Waals surface area contributed by atoms with Crippen LogP contribution in [0.4, 0.5) is 18.9 Å². The first kappa shape index (κ1) is 18.7. The van der Waals surface area contributed by atoms with E-state index >= 15 is 0 Å². The monoisotopic (exact) mass is 344 g/mol. The summed E-state index contributed by atoms with van der Waals surface area (Å²) < 4.78 is 37.5. The molecule has 0 radical (unpaired) electrons. The highest BCUT2D eigenvalue weighted by atomic mass is 19.4. The molecule has 0 spiro atoms. The number of hydrogen-bond donors (Lipinski definition) is 3. The minimum absolute atomic E-state index is 0.192. The predicted molar refractivity (Wildman–Crippen MR) is 85.2 cm³/mol. The lowest BCUT2D eigenvalue weighted by molar-refractivity contribution is -0.137. The average Bonchev–Trinajstić information content (AvgIpc) is 2.54. The second kappa shape index (κ2) is 7.98. The van der Waals surface area contributed by atoms with Crippen molar-refractivity contribution in [3.8, 4) is 0 Å². The minimum Gasteiger partial charge on any atom is -0.382 e. The van der Waals surface area contributed by atoms with Crippen LogP contribution in [0.3, 0.4) is 0 Å². The minimum atomic E-state index is -4.43. The summed E-state index contributed by atoms with van der Waals surface area (Å²) >= 11 is 0. The van der Waals surface area contributed by atoms with E-state index in [1.807, 2.05) is 0 Å². The van der Waals surface area contributed by atoms with Gasteiger partial charge in [-0.2, -0.15) is 13.2 Å². The van der Waals surface area contributed by atoms with Gasteiger partial charge in [0.05, 0.1) is 5.56 Å². The molecule has 1 aliphatic rings. The van der Waals surface area contributed by atoms with E-state index in [1.165, 1.54) is 6.42 Å². The molecule has 0 heterocycles. The smallest absolute Gasteiger partial charge is 0.382 e. The summed E-state index contributed by atoms with van der Waals surface area (Å²) in [4.78, 5) is 12.0. The molecule has 2 rings (SSSR count). The highest BCUT2D eigenvalue weighted by Crippen LogP contribution is 2.30. The number of nitrogens with two attached hydrogens (primary N) is 1. The predicted octanol–water partition coefficient (Wildman–Crippen LogP) is 3.30. The first-order valence-corrected chi connectivity index (χ1v) is 8.19. The van der Waals surface area contributed by atoms with Gasteiger partial charge < -0.3 is 16.2 Å². The van der Waals surface area contributed by atoms with Gasteiger partial charge in [-0.1, -0.05) is 32.1 Å². The third-order valence-electron chi connectivity index (χ3n) is 4.48. The Kier molecular flexibility index (Phi) is 6.23. The Balaban J connectivity index is 1.88. The molecule has 7 heteroatoms. The molecule has 1 aromatic carbocycles. The molecule has 0 saturated heterocycles. The lowest BCUT2D eigenvalue weighted by Gasteiger charge is -2.26. The largest absolute Gasteiger partial charge is 0.416 e. The summed E-state index contributed by atoms with van der Waals surface area (Å²) in [6.45, 7) is 0. The molecule has 2 atom stereocenters. The van der Waals surface area contributed by atoms with E-state index in [1.54, 1.807) is 0 Å². The van der Waals surface area contributed by atoms with E-state index in [4.69, 9.17) is 5.73 Å². The Morgan fingerprint density at radius 2 is 1.79 bits per heavy atom. The first-order valence-electron chi connectivity index (χ1n) is 8.19. The van der Waals surface area contributed by atoms with Gasteiger partial charge in [-0.05, 0) is 36.6 Å². The van der Waals surface area contributed by atoms with Crippen LogP contribution in [0.5, 0.6) is 0 Å². The normalized spacial score (nSPS) is 18.9. The number of amides is 1. The summed E-state index contributed by atoms with van der Waals surface area (Å²) in [6, 6.07) is 3.39. The van der Waals surface area contributed by atoms with Crippen molar-refractivity contribution in [2.24, 2.45) is 11.7 Å². The summed E-state index contributed by atoms with van der Waals surface area (Å²) in [5.41, 5.74) is 5.32. The number of hydrogen-bond acceptors (Lipinski definition) is 3. The lowest BCUT2D eigenvalue weighted by atomic mass is 9.84. The molecule has 0 bridgehead atoms. The van der Waals surface area contributed by atoms with E-state index in [0.717, 1.165) is 49.9 Å². The molecule has 4 nitrogen and oxygen atoms in total. The van der Waals surface area contributed by atoms with Gasteiger partial charge in [0, 0.05) is 11.7 Å². The summed E-state index contributed by atoms with van der Waals surface area (Å²) in [5.74, 6) is -0.277. The van der Waals surface area contributed by atoms with Crippen LogP contribution < -0.4 is 11.1 Å². The standard InChI is InChI=1S/C17H23F3N2O2/c18-17(19,20)12-6-8-13(9-7-12)22-16(24)15(23)14(21)10-11-4-2-1-3-5-11/h6-9,11,14-15,23H,1-5,10,21H2,(H,22,24)/t14-,15?/m1/s1. The molecule has 24 heavy (non-hydrogen) atoms. The van der Waals surface area contributed by atoms with Crippen LogP contribution in [0, 0.1) is 5.92 Å². The highest BCUT2D eigenvalue weighted by Gasteiger charge is 2.30. The van der Waals surface area contributed by atoms with Crippen molar-refractivity contribution in [2.75, 3.05) is 5.32 Å². The summed E-state index contributed by atoms with van der Waals surface area (Å²) in [5, 5.41) is 12.4. The maximum Gasteiger partial charge on any atom is 0.416 e. The van der Waals surface area contributed by atoms with Gasteiger partial charge in [-0.15, -0.1) is 0 Å². The molecule has 1 aliphatic carbocycles. The lowest BCUT2D eigenvalue weighted by Crippen LogP contribution is -2.44. The maximum absolute atomic E-state index is 12.5. The zero-order valence-electron chi connectivity index (χ0n) is 13.4. The number of nitrogens with one attached hydrogen (secondary N) is 1. The van der Waals surface area contributed by atoms with E-state index in [0.29, 0.717) is 12.3 Å². The van der Waals surface area contributed by atoms with E-state index < -0.39 is 29.8 Å². The highest BCUT2D eigenvalue weighted by molar-refractivity contribution is 5.94. The van der Waals surface area contributed by atoms with Crippen molar-refractivity contribution in [1.29, 1.82) is 0 Å². The van der Waals surface area contributed by atoms with Gasteiger partial charge in [-0.25, -0.2) is 0 Å². The van der Waals surface area contributed by atoms with Gasteiger partial charge in [0.25, 0.3) is 5.91 Å². The van der Waals surface area contributed by atoms with Crippen molar-refractivity contribution >= 4 is 11.6 Å². The third kappa shape index (κ3) is 5.21. The molecule has 0 aliphatic heterocycles. The third-order valence-corrected chi connectivity index (χ3v) is 4.48. The van der Waals surface area contributed by atoms with E-state index in [2.05, 4.69) is 5.32 Å². The number of aliphatic hydroxyl groups excluding tert-OH is 1. The first-order chi connectivity index (χ1) is 11.3. The van der Waals surface area contributed by atoms with Gasteiger partial charge in [-0.3, -0.25) is 4.79 Å². The van der Waals surface area contributed by atoms with Crippen LogP contribution in [-0.4, -0.2) is 23.2 Å². The van der Waals surface area contributed by atoms with Gasteiger partial charge in [0.2, 0.25) is 0 Å². The average molecular weight is 344 g/mol. The number of rotatable bonds is 5. The fourth-order valence-electron chi connectivity index (χ4n) is 3.09. The SMILES string of the molecule is N[C@H](CC1CCCCC1)C(O)C(=O)Nc1ccc(C(F)(F)F)cc1. The van der Waals surface area contributed by atoms with Crippen molar-refractivity contribution < 1.29 is 23.1 Å². The molecule has 134 valence electrons. The summed E-state index contributed by atoms with van der Waals surface area (Å²) in [7, 11) is 0. The van der Waals surface area contributed by atoms with Crippen LogP contribution in [0.25, 0.3) is 0 Å². The topological polar surface area (TPSA) is 75.3 Å². The fraction of sp³-hybridized carbons (Fsp3) is 0.588. The van der Waals surface area contributed by atoms with Gasteiger partial charge in [0.1, 0.15) is 6.10 Å². The van der Waals surface area contributed by atoms with Crippen molar-refractivity contribution in [3.63, 3.8) is 0 Å². The number of carbonyl (C=O) groups excluding carboxylic acids is 1. The van der Waals surface area contributed by atoms with Crippen LogP contribution in [0.15, 0.2) is 24.3 Å². The fourth-order valence-corrected chi connectivity index (χ4v) is 3.09. The Hall–Kier alpha value is -1.60. The van der Waals surface area contributed by atoms with Crippen LogP contribution in [-0.2, 0) is 11.0 Å². The van der Waals surface area contributed by atoms with Gasteiger partial charge >= 0.3 is 6.18 Å². The molecule has 0 aromatic heterocycles. The number of aliphatic hydroxyl groups is 1. The molecule has 4 N–H and O–H groups in total. The van der Waals surface area contributed by atoms with Crippen LogP contribution >= 0.6 is 0 Å². The van der Waals surface area contributed by atoms with Crippen molar-refractivity contribution in [1.82, 2.24) is 0 Å². The summed E-state index contributed by atoms with van der Waals surface area (Å²) in [6.07, 6.45) is 0.377. The van der Waals surface area contributed by atoms with E-state index in [9.17, 15) is 23.1 Å². The quantitative estimate of drug-likeness (QED) is 0.767. The number of benzene rings is 1. The molecular formula is C17H23F3N2O2. The molecular weight excluding hydrogens is 321 g/mol. The Morgan fingerprint density at radius 1 is 1.21 bits per heavy atom. The number of carbonyl (C=O) groups is 1. The van der Waals surface area contributed by atoms with E-state index in [-0.39, 0.29) is 5.69 Å². The number of anilines is 1. The molecule has 1 fully saturated rings. The van der Waals surface area contributed by atoms with Crippen LogP contribution in [0.1, 0.15) is 44.1 Å². The second-order valence-electron chi connectivity index (χ2n) is 6.41. The maximum atomic E-state index is 12.5. The molecule has 1 unspecified atom stereocenters. The Bertz CT molecular complexity index is 540. The molecule has 1 saturated carbocycles. The van der Waals surface area contributed by atoms with Crippen LogP contribution in [0.2, 0.25) is 0 Å². The Labute approximate surface area is 139 Å². The second-order valence-corrected chi connectivity index (χ2v) is 6.41. The molecule has 1 amide bonds. The number of halogens is 3.